The highest BCUT2D eigenvalue weighted by Crippen LogP contribution is 2.22. The zero-order valence-corrected chi connectivity index (χ0v) is 16.2. The minimum atomic E-state index is -3.39. The molecule has 0 radical (unpaired) electrons. The standard InChI is InChI=1S/C18H28N2O5S/c1-20(15-6-8-24-9-7-15)26(21,22)13-14-4-3-5-16(10-14)25-18-12-19-11-17(18)23-2/h3-5,10,15,17-19H,6-9,11-13H2,1-2H3/t17-,18-/m1/s1. The molecule has 0 amide bonds. The molecule has 7 nitrogen and oxygen atoms in total. The van der Waals surface area contributed by atoms with Crippen LogP contribution in [0.15, 0.2) is 24.3 Å². The van der Waals surface area contributed by atoms with Crippen molar-refractivity contribution in [1.29, 1.82) is 0 Å². The van der Waals surface area contributed by atoms with Crippen LogP contribution in [0.1, 0.15) is 18.4 Å². The van der Waals surface area contributed by atoms with E-state index >= 15 is 0 Å². The van der Waals surface area contributed by atoms with Gasteiger partial charge < -0.3 is 19.5 Å². The summed E-state index contributed by atoms with van der Waals surface area (Å²) < 4.78 is 43.8. The average Bonchev–Trinajstić information content (AvgIpc) is 3.09. The van der Waals surface area contributed by atoms with Gasteiger partial charge in [-0.05, 0) is 30.5 Å². The quantitative estimate of drug-likeness (QED) is 0.756. The van der Waals surface area contributed by atoms with Crippen LogP contribution in [0.4, 0.5) is 0 Å². The first-order chi connectivity index (χ1) is 12.5. The maximum Gasteiger partial charge on any atom is 0.218 e. The Morgan fingerprint density at radius 1 is 1.23 bits per heavy atom. The molecule has 3 rings (SSSR count). The molecule has 0 spiro atoms. The van der Waals surface area contributed by atoms with Gasteiger partial charge in [-0.15, -0.1) is 0 Å². The first-order valence-electron chi connectivity index (χ1n) is 9.02. The minimum Gasteiger partial charge on any atom is -0.486 e. The van der Waals surface area contributed by atoms with Gasteiger partial charge in [0.2, 0.25) is 10.0 Å². The van der Waals surface area contributed by atoms with Crippen LogP contribution in [-0.4, -0.2) is 71.4 Å². The van der Waals surface area contributed by atoms with E-state index in [4.69, 9.17) is 14.2 Å². The van der Waals surface area contributed by atoms with Gasteiger partial charge in [0.15, 0.2) is 0 Å². The normalized spacial score (nSPS) is 24.9. The molecule has 26 heavy (non-hydrogen) atoms. The van der Waals surface area contributed by atoms with Crippen molar-refractivity contribution in [1.82, 2.24) is 9.62 Å². The van der Waals surface area contributed by atoms with Gasteiger partial charge in [-0.2, -0.15) is 0 Å². The molecular weight excluding hydrogens is 356 g/mol. The van der Waals surface area contributed by atoms with E-state index in [1.54, 1.807) is 20.2 Å². The molecule has 2 saturated heterocycles. The molecule has 2 fully saturated rings. The highest BCUT2D eigenvalue weighted by atomic mass is 32.2. The summed E-state index contributed by atoms with van der Waals surface area (Å²) >= 11 is 0. The van der Waals surface area contributed by atoms with Gasteiger partial charge in [-0.1, -0.05) is 12.1 Å². The highest BCUT2D eigenvalue weighted by Gasteiger charge is 2.30. The van der Waals surface area contributed by atoms with Crippen molar-refractivity contribution in [2.75, 3.05) is 40.5 Å². The lowest BCUT2D eigenvalue weighted by molar-refractivity contribution is 0.0346. The Morgan fingerprint density at radius 2 is 1.96 bits per heavy atom. The molecule has 1 aromatic rings. The van der Waals surface area contributed by atoms with E-state index in [2.05, 4.69) is 5.32 Å². The lowest BCUT2D eigenvalue weighted by Gasteiger charge is -2.30. The number of benzene rings is 1. The molecule has 1 aromatic carbocycles. The summed E-state index contributed by atoms with van der Waals surface area (Å²) in [6, 6.07) is 7.33. The fraction of sp³-hybridized carbons (Fsp3) is 0.667. The Balaban J connectivity index is 1.65. The van der Waals surface area contributed by atoms with E-state index in [0.29, 0.717) is 25.5 Å². The van der Waals surface area contributed by atoms with E-state index < -0.39 is 10.0 Å². The number of methoxy groups -OCH3 is 1. The summed E-state index contributed by atoms with van der Waals surface area (Å²) in [5, 5.41) is 3.23. The number of nitrogens with one attached hydrogen (secondary N) is 1. The molecule has 0 unspecified atom stereocenters. The summed E-state index contributed by atoms with van der Waals surface area (Å²) in [6.45, 7) is 2.70. The van der Waals surface area contributed by atoms with Crippen LogP contribution in [0.25, 0.3) is 0 Å². The van der Waals surface area contributed by atoms with Crippen molar-refractivity contribution in [3.8, 4) is 5.75 Å². The van der Waals surface area contributed by atoms with Crippen molar-refractivity contribution in [3.05, 3.63) is 29.8 Å². The van der Waals surface area contributed by atoms with Crippen LogP contribution < -0.4 is 10.1 Å². The number of hydrogen-bond donors (Lipinski definition) is 1. The first kappa shape index (κ1) is 19.6. The van der Waals surface area contributed by atoms with Crippen molar-refractivity contribution >= 4 is 10.0 Å². The number of rotatable bonds is 7. The van der Waals surface area contributed by atoms with Crippen LogP contribution in [-0.2, 0) is 25.2 Å². The smallest absolute Gasteiger partial charge is 0.218 e. The zero-order chi connectivity index (χ0) is 18.6. The molecular formula is C18H28N2O5S. The molecule has 8 heteroatoms. The number of nitrogens with zero attached hydrogens (tertiary/aromatic N) is 1. The largest absolute Gasteiger partial charge is 0.486 e. The van der Waals surface area contributed by atoms with Gasteiger partial charge in [0, 0.05) is 46.5 Å². The molecule has 0 saturated carbocycles. The van der Waals surface area contributed by atoms with E-state index in [0.717, 1.165) is 24.9 Å². The monoisotopic (exact) mass is 384 g/mol. The van der Waals surface area contributed by atoms with Crippen LogP contribution in [0.2, 0.25) is 0 Å². The summed E-state index contributed by atoms with van der Waals surface area (Å²) in [5.74, 6) is 0.636. The predicted molar refractivity (Wildman–Crippen MR) is 98.8 cm³/mol. The zero-order valence-electron chi connectivity index (χ0n) is 15.4. The SMILES string of the molecule is CO[C@@H]1CNC[C@H]1Oc1cccc(CS(=O)(=O)N(C)C2CCOCC2)c1. The molecule has 2 aliphatic heterocycles. The third-order valence-electron chi connectivity index (χ3n) is 5.09. The maximum atomic E-state index is 12.8. The number of hydrogen-bond acceptors (Lipinski definition) is 6. The lowest BCUT2D eigenvalue weighted by Crippen LogP contribution is -2.41. The minimum absolute atomic E-state index is 0.00189. The van der Waals surface area contributed by atoms with Crippen LogP contribution in [0, 0.1) is 0 Å². The fourth-order valence-corrected chi connectivity index (χ4v) is 4.92. The highest BCUT2D eigenvalue weighted by molar-refractivity contribution is 7.88. The molecule has 2 atom stereocenters. The summed E-state index contributed by atoms with van der Waals surface area (Å²) in [5.41, 5.74) is 0.723. The van der Waals surface area contributed by atoms with Crippen molar-refractivity contribution in [2.45, 2.75) is 36.8 Å². The third kappa shape index (κ3) is 4.75. The van der Waals surface area contributed by atoms with Gasteiger partial charge in [0.25, 0.3) is 0 Å². The van der Waals surface area contributed by atoms with Gasteiger partial charge in [0.1, 0.15) is 18.0 Å². The average molecular weight is 384 g/mol. The van der Waals surface area contributed by atoms with Crippen LogP contribution >= 0.6 is 0 Å². The van der Waals surface area contributed by atoms with E-state index in [-0.39, 0.29) is 24.0 Å². The van der Waals surface area contributed by atoms with Gasteiger partial charge >= 0.3 is 0 Å². The molecule has 146 valence electrons. The molecule has 2 heterocycles. The molecule has 0 aromatic heterocycles. The van der Waals surface area contributed by atoms with Gasteiger partial charge in [-0.3, -0.25) is 0 Å². The third-order valence-corrected chi connectivity index (χ3v) is 6.96. The lowest BCUT2D eigenvalue weighted by atomic mass is 10.1. The van der Waals surface area contributed by atoms with Gasteiger partial charge in [0.05, 0.1) is 5.75 Å². The Morgan fingerprint density at radius 3 is 2.69 bits per heavy atom. The Bertz CT molecular complexity index is 691. The molecule has 1 N–H and O–H groups in total. The molecule has 2 aliphatic rings. The summed E-state index contributed by atoms with van der Waals surface area (Å²) in [4.78, 5) is 0. The number of ether oxygens (including phenoxy) is 3. The Hall–Kier alpha value is -1.19. The van der Waals surface area contributed by atoms with Crippen LogP contribution in [0.3, 0.4) is 0 Å². The molecule has 0 aliphatic carbocycles. The maximum absolute atomic E-state index is 12.8. The summed E-state index contributed by atoms with van der Waals surface area (Å²) in [6.07, 6.45) is 1.41. The Kier molecular flexibility index (Phi) is 6.52. The fourth-order valence-electron chi connectivity index (χ4n) is 3.46. The Labute approximate surface area is 155 Å². The first-order valence-corrected chi connectivity index (χ1v) is 10.6. The van der Waals surface area contributed by atoms with E-state index in [1.165, 1.54) is 4.31 Å². The van der Waals surface area contributed by atoms with Crippen molar-refractivity contribution < 1.29 is 22.6 Å². The van der Waals surface area contributed by atoms with Crippen LogP contribution in [0.5, 0.6) is 5.75 Å². The van der Waals surface area contributed by atoms with E-state index in [1.807, 2.05) is 18.2 Å². The second-order valence-corrected chi connectivity index (χ2v) is 8.88. The second-order valence-electron chi connectivity index (χ2n) is 6.85. The topological polar surface area (TPSA) is 77.1 Å². The number of sulfonamides is 1. The molecule has 0 bridgehead atoms. The summed E-state index contributed by atoms with van der Waals surface area (Å²) in [7, 11) is -0.0517. The van der Waals surface area contributed by atoms with Crippen molar-refractivity contribution in [2.24, 2.45) is 0 Å². The van der Waals surface area contributed by atoms with Gasteiger partial charge in [-0.25, -0.2) is 12.7 Å². The second kappa shape index (κ2) is 8.67. The van der Waals surface area contributed by atoms with Crippen molar-refractivity contribution in [3.63, 3.8) is 0 Å². The van der Waals surface area contributed by atoms with E-state index in [9.17, 15) is 8.42 Å². The predicted octanol–water partition coefficient (Wildman–Crippen LogP) is 0.993.